The number of anilines is 1. The van der Waals surface area contributed by atoms with Crippen molar-refractivity contribution in [1.29, 1.82) is 0 Å². The Labute approximate surface area is 168 Å². The van der Waals surface area contributed by atoms with Crippen molar-refractivity contribution in [2.75, 3.05) is 49.8 Å². The Kier molecular flexibility index (Phi) is 6.57. The van der Waals surface area contributed by atoms with E-state index in [-0.39, 0.29) is 35.6 Å². The number of ether oxygens (including phenoxy) is 1. The Bertz CT molecular complexity index is 852. The van der Waals surface area contributed by atoms with Gasteiger partial charge in [0, 0.05) is 38.4 Å². The Balaban J connectivity index is 1.70. The number of guanidine groups is 1. The molecule has 0 bridgehead atoms. The zero-order valence-electron chi connectivity index (χ0n) is 16.1. The molecule has 2 saturated heterocycles. The summed E-state index contributed by atoms with van der Waals surface area (Å²) in [5, 5.41) is 5.83. The largest absolute Gasteiger partial charge is 0.416 e. The number of hydrogen-bond donors (Lipinski definition) is 2. The second-order valence-electron chi connectivity index (χ2n) is 7.11. The highest BCUT2D eigenvalue weighted by Gasteiger charge is 2.34. The van der Waals surface area contributed by atoms with Gasteiger partial charge in [0.2, 0.25) is 0 Å². The summed E-state index contributed by atoms with van der Waals surface area (Å²) >= 11 is 0. The first-order valence-corrected chi connectivity index (χ1v) is 11.2. The lowest BCUT2D eigenvalue weighted by atomic mass is 10.0. The standard InChI is InChI=1S/C18H25F3N4O3S/c1-22-17(24-14-4-9-29(26,27)12-14)23-11-13-2-3-15(10-16(13)18(19,20)21)25-5-7-28-8-6-25/h2-3,10,14H,4-9,11-12H2,1H3,(H2,22,23,24). The van der Waals surface area contributed by atoms with Gasteiger partial charge in [0.1, 0.15) is 0 Å². The van der Waals surface area contributed by atoms with E-state index in [1.807, 2.05) is 4.90 Å². The van der Waals surface area contributed by atoms with E-state index >= 15 is 0 Å². The molecule has 11 heteroatoms. The second kappa shape index (κ2) is 8.78. The zero-order chi connectivity index (χ0) is 21.1. The predicted octanol–water partition coefficient (Wildman–Crippen LogP) is 1.39. The second-order valence-corrected chi connectivity index (χ2v) is 9.34. The van der Waals surface area contributed by atoms with Crippen molar-refractivity contribution < 1.29 is 26.3 Å². The fourth-order valence-electron chi connectivity index (χ4n) is 3.48. The Hall–Kier alpha value is -2.01. The smallest absolute Gasteiger partial charge is 0.378 e. The van der Waals surface area contributed by atoms with Crippen molar-refractivity contribution in [3.63, 3.8) is 0 Å². The lowest BCUT2D eigenvalue weighted by Gasteiger charge is -2.30. The minimum Gasteiger partial charge on any atom is -0.378 e. The minimum absolute atomic E-state index is 0.00422. The number of aliphatic imine (C=N–C) groups is 1. The molecule has 1 atom stereocenters. The van der Waals surface area contributed by atoms with Crippen LogP contribution in [0.25, 0.3) is 0 Å². The average Bonchev–Trinajstić information content (AvgIpc) is 3.03. The van der Waals surface area contributed by atoms with Crippen LogP contribution in [0.2, 0.25) is 0 Å². The van der Waals surface area contributed by atoms with E-state index in [2.05, 4.69) is 15.6 Å². The monoisotopic (exact) mass is 434 g/mol. The summed E-state index contributed by atoms with van der Waals surface area (Å²) in [6.07, 6.45) is -4.04. The lowest BCUT2D eigenvalue weighted by molar-refractivity contribution is -0.138. The highest BCUT2D eigenvalue weighted by atomic mass is 32.2. The van der Waals surface area contributed by atoms with Crippen molar-refractivity contribution in [3.05, 3.63) is 29.3 Å². The molecule has 2 heterocycles. The first-order valence-electron chi connectivity index (χ1n) is 9.38. The highest BCUT2D eigenvalue weighted by molar-refractivity contribution is 7.91. The van der Waals surface area contributed by atoms with Crippen molar-refractivity contribution in [2.24, 2.45) is 4.99 Å². The van der Waals surface area contributed by atoms with Crippen LogP contribution < -0.4 is 15.5 Å². The quantitative estimate of drug-likeness (QED) is 0.551. The number of hydrogen-bond acceptors (Lipinski definition) is 5. The molecule has 162 valence electrons. The summed E-state index contributed by atoms with van der Waals surface area (Å²) in [6, 6.07) is 4.02. The first kappa shape index (κ1) is 21.7. The van der Waals surface area contributed by atoms with Gasteiger partial charge in [0.15, 0.2) is 15.8 Å². The molecule has 1 aromatic carbocycles. The summed E-state index contributed by atoms with van der Waals surface area (Å²) in [7, 11) is -1.57. The number of morpholine rings is 1. The third kappa shape index (κ3) is 5.75. The molecule has 0 saturated carbocycles. The van der Waals surface area contributed by atoms with Gasteiger partial charge >= 0.3 is 6.18 Å². The lowest BCUT2D eigenvalue weighted by Crippen LogP contribution is -2.43. The molecule has 0 radical (unpaired) electrons. The van der Waals surface area contributed by atoms with E-state index in [1.165, 1.54) is 19.2 Å². The van der Waals surface area contributed by atoms with Crippen LogP contribution in [-0.2, 0) is 27.3 Å². The first-order chi connectivity index (χ1) is 13.7. The number of alkyl halides is 3. The molecule has 0 spiro atoms. The van der Waals surface area contributed by atoms with Crippen LogP contribution in [0.1, 0.15) is 17.5 Å². The SMILES string of the molecule is CN=C(NCc1ccc(N2CCOCC2)cc1C(F)(F)F)NC1CCS(=O)(=O)C1. The molecular formula is C18H25F3N4O3S. The van der Waals surface area contributed by atoms with Crippen LogP contribution in [0, 0.1) is 0 Å². The molecule has 3 rings (SSSR count). The number of sulfone groups is 1. The van der Waals surface area contributed by atoms with Crippen molar-refractivity contribution in [1.82, 2.24) is 10.6 Å². The van der Waals surface area contributed by atoms with Gasteiger partial charge in [-0.15, -0.1) is 0 Å². The van der Waals surface area contributed by atoms with Crippen LogP contribution >= 0.6 is 0 Å². The summed E-state index contributed by atoms with van der Waals surface area (Å²) in [5.41, 5.74) is -0.0903. The fraction of sp³-hybridized carbons (Fsp3) is 0.611. The number of nitrogens with zero attached hydrogens (tertiary/aromatic N) is 2. The molecule has 1 aromatic rings. The Morgan fingerprint density at radius 1 is 1.31 bits per heavy atom. The van der Waals surface area contributed by atoms with Gasteiger partial charge in [0.05, 0.1) is 30.3 Å². The molecule has 0 aliphatic carbocycles. The average molecular weight is 434 g/mol. The maximum Gasteiger partial charge on any atom is 0.416 e. The van der Waals surface area contributed by atoms with Crippen LogP contribution in [-0.4, -0.2) is 65.3 Å². The normalized spacial score (nSPS) is 22.6. The number of rotatable bonds is 4. The molecule has 2 N–H and O–H groups in total. The fourth-order valence-corrected chi connectivity index (χ4v) is 5.15. The van der Waals surface area contributed by atoms with Gasteiger partial charge in [-0.05, 0) is 24.1 Å². The van der Waals surface area contributed by atoms with Crippen molar-refractivity contribution >= 4 is 21.5 Å². The van der Waals surface area contributed by atoms with E-state index in [1.54, 1.807) is 6.07 Å². The van der Waals surface area contributed by atoms with Gasteiger partial charge in [-0.3, -0.25) is 4.99 Å². The van der Waals surface area contributed by atoms with E-state index in [9.17, 15) is 21.6 Å². The maximum atomic E-state index is 13.6. The van der Waals surface area contributed by atoms with E-state index < -0.39 is 21.6 Å². The van der Waals surface area contributed by atoms with Gasteiger partial charge in [-0.2, -0.15) is 13.2 Å². The van der Waals surface area contributed by atoms with Gasteiger partial charge in [-0.25, -0.2) is 8.42 Å². The number of nitrogens with one attached hydrogen (secondary N) is 2. The zero-order valence-corrected chi connectivity index (χ0v) is 16.9. The topological polar surface area (TPSA) is 83.0 Å². The molecule has 2 aliphatic rings. The van der Waals surface area contributed by atoms with Crippen LogP contribution in [0.4, 0.5) is 18.9 Å². The molecular weight excluding hydrogens is 409 g/mol. The van der Waals surface area contributed by atoms with Gasteiger partial charge in [-0.1, -0.05) is 6.07 Å². The van der Waals surface area contributed by atoms with Crippen LogP contribution in [0.5, 0.6) is 0 Å². The van der Waals surface area contributed by atoms with Crippen molar-refractivity contribution in [3.8, 4) is 0 Å². The van der Waals surface area contributed by atoms with Crippen LogP contribution in [0.3, 0.4) is 0 Å². The molecule has 0 amide bonds. The van der Waals surface area contributed by atoms with Crippen molar-refractivity contribution in [2.45, 2.75) is 25.2 Å². The predicted molar refractivity (Wildman–Crippen MR) is 105 cm³/mol. The molecule has 29 heavy (non-hydrogen) atoms. The number of benzene rings is 1. The van der Waals surface area contributed by atoms with E-state index in [0.29, 0.717) is 38.4 Å². The third-order valence-corrected chi connectivity index (χ3v) is 6.79. The maximum absolute atomic E-state index is 13.6. The van der Waals surface area contributed by atoms with Gasteiger partial charge < -0.3 is 20.3 Å². The number of halogens is 3. The van der Waals surface area contributed by atoms with E-state index in [0.717, 1.165) is 0 Å². The summed E-state index contributed by atoms with van der Waals surface area (Å²) in [6.45, 7) is 2.00. The summed E-state index contributed by atoms with van der Waals surface area (Å²) in [4.78, 5) is 5.87. The summed E-state index contributed by atoms with van der Waals surface area (Å²) in [5.74, 6) is 0.371. The van der Waals surface area contributed by atoms with E-state index in [4.69, 9.17) is 4.74 Å². The third-order valence-electron chi connectivity index (χ3n) is 5.02. The Morgan fingerprint density at radius 2 is 2.03 bits per heavy atom. The minimum atomic E-state index is -4.49. The molecule has 0 aromatic heterocycles. The molecule has 1 unspecified atom stereocenters. The van der Waals surface area contributed by atoms with Crippen LogP contribution in [0.15, 0.2) is 23.2 Å². The molecule has 2 aliphatic heterocycles. The molecule has 7 nitrogen and oxygen atoms in total. The molecule has 2 fully saturated rings. The summed E-state index contributed by atoms with van der Waals surface area (Å²) < 4.78 is 69.3. The Morgan fingerprint density at radius 3 is 2.62 bits per heavy atom. The van der Waals surface area contributed by atoms with Gasteiger partial charge in [0.25, 0.3) is 0 Å². The highest BCUT2D eigenvalue weighted by Crippen LogP contribution is 2.35.